The van der Waals surface area contributed by atoms with Crippen molar-refractivity contribution in [3.05, 3.63) is 11.8 Å². The molecule has 2 rings (SSSR count). The zero-order valence-electron chi connectivity index (χ0n) is 11.4. The molecule has 1 aliphatic rings. The van der Waals surface area contributed by atoms with Crippen LogP contribution in [0.4, 0.5) is 11.8 Å². The lowest BCUT2D eigenvalue weighted by Gasteiger charge is -2.21. The van der Waals surface area contributed by atoms with Crippen LogP contribution in [0.2, 0.25) is 0 Å². The first kappa shape index (κ1) is 13.1. The largest absolute Gasteiger partial charge is 0.381 e. The lowest BCUT2D eigenvalue weighted by molar-refractivity contribution is 0.183. The molecule has 0 saturated carbocycles. The number of ether oxygens (including phenoxy) is 1. The Labute approximate surface area is 108 Å². The van der Waals surface area contributed by atoms with Gasteiger partial charge in [0.05, 0.1) is 6.61 Å². The molecule has 1 aliphatic heterocycles. The van der Waals surface area contributed by atoms with E-state index >= 15 is 0 Å². The molecule has 2 N–H and O–H groups in total. The minimum Gasteiger partial charge on any atom is -0.381 e. The van der Waals surface area contributed by atoms with Gasteiger partial charge in [-0.25, -0.2) is 4.98 Å². The fourth-order valence-corrected chi connectivity index (χ4v) is 2.11. The summed E-state index contributed by atoms with van der Waals surface area (Å²) in [5, 5.41) is 6.61. The predicted octanol–water partition coefficient (Wildman–Crippen LogP) is 2.05. The number of nitrogens with zero attached hydrogens (tertiary/aromatic N) is 2. The highest BCUT2D eigenvalue weighted by Crippen LogP contribution is 2.21. The average Bonchev–Trinajstić information content (AvgIpc) is 2.87. The van der Waals surface area contributed by atoms with Gasteiger partial charge in [-0.05, 0) is 27.2 Å². The summed E-state index contributed by atoms with van der Waals surface area (Å²) in [7, 11) is 0. The third kappa shape index (κ3) is 3.10. The van der Waals surface area contributed by atoms with E-state index in [4.69, 9.17) is 4.74 Å². The number of anilines is 2. The summed E-state index contributed by atoms with van der Waals surface area (Å²) in [4.78, 5) is 8.75. The number of rotatable bonds is 5. The maximum Gasteiger partial charge on any atom is 0.224 e. The maximum absolute atomic E-state index is 5.42. The molecule has 0 aromatic carbocycles. The van der Waals surface area contributed by atoms with Crippen LogP contribution in [0.1, 0.15) is 25.8 Å². The molecule has 1 aromatic rings. The van der Waals surface area contributed by atoms with E-state index < -0.39 is 0 Å². The summed E-state index contributed by atoms with van der Waals surface area (Å²) in [5.74, 6) is 2.17. The summed E-state index contributed by atoms with van der Waals surface area (Å²) >= 11 is 0. The Bertz CT molecular complexity index is 391. The van der Waals surface area contributed by atoms with Gasteiger partial charge in [-0.15, -0.1) is 0 Å². The van der Waals surface area contributed by atoms with Crippen LogP contribution in [-0.2, 0) is 4.74 Å². The molecule has 0 bridgehead atoms. The molecule has 2 heterocycles. The van der Waals surface area contributed by atoms with Gasteiger partial charge in [0.1, 0.15) is 5.82 Å². The monoisotopic (exact) mass is 250 g/mol. The van der Waals surface area contributed by atoms with E-state index in [2.05, 4.69) is 27.5 Å². The molecule has 0 radical (unpaired) electrons. The van der Waals surface area contributed by atoms with Gasteiger partial charge < -0.3 is 15.4 Å². The van der Waals surface area contributed by atoms with E-state index in [-0.39, 0.29) is 0 Å². The minimum atomic E-state index is 0.371. The van der Waals surface area contributed by atoms with Crippen LogP contribution in [0.3, 0.4) is 0 Å². The summed E-state index contributed by atoms with van der Waals surface area (Å²) < 4.78 is 5.42. The Morgan fingerprint density at radius 3 is 3.06 bits per heavy atom. The van der Waals surface area contributed by atoms with Crippen molar-refractivity contribution >= 4 is 11.8 Å². The lowest BCUT2D eigenvalue weighted by atomic mass is 10.0. The Balaban J connectivity index is 2.04. The molecule has 0 spiro atoms. The van der Waals surface area contributed by atoms with Gasteiger partial charge in [0.15, 0.2) is 0 Å². The standard InChI is InChI=1S/C13H22N4O/c1-4-14-13-15-7-9(2)12(17-13)16-10(3)11-5-6-18-8-11/h7,10-11H,4-6,8H2,1-3H3,(H2,14,15,16,17). The maximum atomic E-state index is 5.42. The second-order valence-electron chi connectivity index (χ2n) is 4.81. The molecule has 2 atom stereocenters. The molecule has 1 fully saturated rings. The summed E-state index contributed by atoms with van der Waals surface area (Å²) in [6.07, 6.45) is 2.98. The van der Waals surface area contributed by atoms with Crippen LogP contribution in [0.25, 0.3) is 0 Å². The molecular formula is C13H22N4O. The van der Waals surface area contributed by atoms with Gasteiger partial charge in [0.25, 0.3) is 0 Å². The molecule has 5 nitrogen and oxygen atoms in total. The van der Waals surface area contributed by atoms with E-state index in [1.807, 2.05) is 20.0 Å². The van der Waals surface area contributed by atoms with Gasteiger partial charge in [-0.1, -0.05) is 0 Å². The zero-order chi connectivity index (χ0) is 13.0. The van der Waals surface area contributed by atoms with E-state index in [0.29, 0.717) is 17.9 Å². The first-order valence-corrected chi connectivity index (χ1v) is 6.62. The molecule has 5 heteroatoms. The highest BCUT2D eigenvalue weighted by atomic mass is 16.5. The van der Waals surface area contributed by atoms with Crippen molar-refractivity contribution < 1.29 is 4.74 Å². The van der Waals surface area contributed by atoms with Gasteiger partial charge in [0, 0.05) is 36.9 Å². The number of hydrogen-bond acceptors (Lipinski definition) is 5. The Morgan fingerprint density at radius 1 is 1.56 bits per heavy atom. The fourth-order valence-electron chi connectivity index (χ4n) is 2.11. The summed E-state index contributed by atoms with van der Waals surface area (Å²) in [6.45, 7) is 8.80. The molecule has 0 aliphatic carbocycles. The summed E-state index contributed by atoms with van der Waals surface area (Å²) in [6, 6.07) is 0.371. The van der Waals surface area contributed by atoms with Crippen LogP contribution >= 0.6 is 0 Å². The van der Waals surface area contributed by atoms with Crippen molar-refractivity contribution in [2.45, 2.75) is 33.2 Å². The number of aryl methyl sites for hydroxylation is 1. The normalized spacial score (nSPS) is 20.7. The van der Waals surface area contributed by atoms with Gasteiger partial charge in [-0.2, -0.15) is 4.98 Å². The Kier molecular flexibility index (Phi) is 4.36. The third-order valence-electron chi connectivity index (χ3n) is 3.34. The molecule has 18 heavy (non-hydrogen) atoms. The third-order valence-corrected chi connectivity index (χ3v) is 3.34. The second-order valence-corrected chi connectivity index (χ2v) is 4.81. The molecule has 2 unspecified atom stereocenters. The Morgan fingerprint density at radius 2 is 2.39 bits per heavy atom. The van der Waals surface area contributed by atoms with Gasteiger partial charge in [0.2, 0.25) is 5.95 Å². The van der Waals surface area contributed by atoms with Crippen molar-refractivity contribution in [2.24, 2.45) is 5.92 Å². The number of aromatic nitrogens is 2. The van der Waals surface area contributed by atoms with Crippen LogP contribution in [0.15, 0.2) is 6.20 Å². The van der Waals surface area contributed by atoms with E-state index in [1.54, 1.807) is 0 Å². The Hall–Kier alpha value is -1.36. The zero-order valence-corrected chi connectivity index (χ0v) is 11.4. The van der Waals surface area contributed by atoms with Gasteiger partial charge >= 0.3 is 0 Å². The molecular weight excluding hydrogens is 228 g/mol. The number of nitrogens with one attached hydrogen (secondary N) is 2. The molecule has 1 aromatic heterocycles. The van der Waals surface area contributed by atoms with Gasteiger partial charge in [-0.3, -0.25) is 0 Å². The van der Waals surface area contributed by atoms with Crippen LogP contribution < -0.4 is 10.6 Å². The van der Waals surface area contributed by atoms with Crippen molar-refractivity contribution in [3.8, 4) is 0 Å². The van der Waals surface area contributed by atoms with E-state index in [1.165, 1.54) is 0 Å². The van der Waals surface area contributed by atoms with Crippen molar-refractivity contribution in [2.75, 3.05) is 30.4 Å². The molecule has 100 valence electrons. The fraction of sp³-hybridized carbons (Fsp3) is 0.692. The van der Waals surface area contributed by atoms with E-state index in [0.717, 1.165) is 37.6 Å². The SMILES string of the molecule is CCNc1ncc(C)c(NC(C)C2CCOC2)n1. The predicted molar refractivity (Wildman–Crippen MR) is 72.9 cm³/mol. The van der Waals surface area contributed by atoms with Crippen LogP contribution in [0.5, 0.6) is 0 Å². The number of hydrogen-bond donors (Lipinski definition) is 2. The highest BCUT2D eigenvalue weighted by molar-refractivity contribution is 5.47. The van der Waals surface area contributed by atoms with Crippen LogP contribution in [-0.4, -0.2) is 35.8 Å². The quantitative estimate of drug-likeness (QED) is 0.837. The second kappa shape index (κ2) is 6.00. The lowest BCUT2D eigenvalue weighted by Crippen LogP contribution is -2.27. The highest BCUT2D eigenvalue weighted by Gasteiger charge is 2.22. The minimum absolute atomic E-state index is 0.371. The summed E-state index contributed by atoms with van der Waals surface area (Å²) in [5.41, 5.74) is 1.07. The first-order valence-electron chi connectivity index (χ1n) is 6.62. The van der Waals surface area contributed by atoms with Crippen LogP contribution in [0, 0.1) is 12.8 Å². The molecule has 0 amide bonds. The molecule has 1 saturated heterocycles. The van der Waals surface area contributed by atoms with E-state index in [9.17, 15) is 0 Å². The smallest absolute Gasteiger partial charge is 0.224 e. The van der Waals surface area contributed by atoms with Crippen molar-refractivity contribution in [1.29, 1.82) is 0 Å². The average molecular weight is 250 g/mol. The van der Waals surface area contributed by atoms with Crippen molar-refractivity contribution in [3.63, 3.8) is 0 Å². The first-order chi connectivity index (χ1) is 8.70. The topological polar surface area (TPSA) is 59.1 Å². The van der Waals surface area contributed by atoms with Crippen molar-refractivity contribution in [1.82, 2.24) is 9.97 Å².